The Morgan fingerprint density at radius 2 is 1.84 bits per heavy atom. The van der Waals surface area contributed by atoms with E-state index in [0.717, 1.165) is 6.54 Å². The van der Waals surface area contributed by atoms with Gasteiger partial charge in [0.1, 0.15) is 0 Å². The molecule has 0 fully saturated rings. The van der Waals surface area contributed by atoms with E-state index in [1.54, 1.807) is 0 Å². The maximum absolute atomic E-state index is 3.70. The SMILES string of the molecule is Brc1ccccc1CNC1CCCc2ccccc21. The van der Waals surface area contributed by atoms with Crippen molar-refractivity contribution in [2.75, 3.05) is 0 Å². The number of nitrogens with one attached hydrogen (secondary N) is 1. The second-order valence-electron chi connectivity index (χ2n) is 5.12. The molecular weight excluding hydrogens is 298 g/mol. The smallest absolute Gasteiger partial charge is 0.0326 e. The maximum atomic E-state index is 3.70. The fourth-order valence-electron chi connectivity index (χ4n) is 2.84. The van der Waals surface area contributed by atoms with Crippen LogP contribution in [0.5, 0.6) is 0 Å². The van der Waals surface area contributed by atoms with Crippen molar-refractivity contribution < 1.29 is 0 Å². The van der Waals surface area contributed by atoms with Crippen molar-refractivity contribution in [2.45, 2.75) is 31.8 Å². The summed E-state index contributed by atoms with van der Waals surface area (Å²) in [5, 5.41) is 3.70. The third-order valence-corrected chi connectivity index (χ3v) is 4.64. The van der Waals surface area contributed by atoms with Crippen LogP contribution >= 0.6 is 15.9 Å². The number of halogens is 1. The Labute approximate surface area is 123 Å². The molecule has 2 aromatic carbocycles. The first-order valence-electron chi connectivity index (χ1n) is 6.89. The zero-order chi connectivity index (χ0) is 13.1. The largest absolute Gasteiger partial charge is 0.306 e. The molecular formula is C17H18BrN. The molecule has 0 spiro atoms. The third-order valence-electron chi connectivity index (χ3n) is 3.87. The van der Waals surface area contributed by atoms with Gasteiger partial charge in [-0.2, -0.15) is 0 Å². The molecule has 0 heterocycles. The summed E-state index contributed by atoms with van der Waals surface area (Å²) in [4.78, 5) is 0. The lowest BCUT2D eigenvalue weighted by Crippen LogP contribution is -2.24. The summed E-state index contributed by atoms with van der Waals surface area (Å²) < 4.78 is 1.19. The lowest BCUT2D eigenvalue weighted by Gasteiger charge is -2.26. The van der Waals surface area contributed by atoms with Crippen LogP contribution in [0, 0.1) is 0 Å². The summed E-state index contributed by atoms with van der Waals surface area (Å²) in [6.45, 7) is 0.917. The Morgan fingerprint density at radius 1 is 1.05 bits per heavy atom. The van der Waals surface area contributed by atoms with Gasteiger partial charge in [-0.15, -0.1) is 0 Å². The highest BCUT2D eigenvalue weighted by atomic mass is 79.9. The van der Waals surface area contributed by atoms with Gasteiger partial charge in [0.05, 0.1) is 0 Å². The van der Waals surface area contributed by atoms with Crippen LogP contribution in [0.15, 0.2) is 53.0 Å². The Hall–Kier alpha value is -1.12. The van der Waals surface area contributed by atoms with Crippen LogP contribution in [0.4, 0.5) is 0 Å². The fraction of sp³-hybridized carbons (Fsp3) is 0.294. The van der Waals surface area contributed by atoms with Crippen LogP contribution in [-0.4, -0.2) is 0 Å². The van der Waals surface area contributed by atoms with Crippen molar-refractivity contribution in [3.8, 4) is 0 Å². The molecule has 1 aliphatic rings. The van der Waals surface area contributed by atoms with Crippen LogP contribution in [0.25, 0.3) is 0 Å². The average molecular weight is 316 g/mol. The topological polar surface area (TPSA) is 12.0 Å². The summed E-state index contributed by atoms with van der Waals surface area (Å²) >= 11 is 3.61. The van der Waals surface area contributed by atoms with Crippen molar-refractivity contribution in [1.29, 1.82) is 0 Å². The highest BCUT2D eigenvalue weighted by molar-refractivity contribution is 9.10. The number of hydrogen-bond acceptors (Lipinski definition) is 1. The third kappa shape index (κ3) is 2.90. The van der Waals surface area contributed by atoms with E-state index in [-0.39, 0.29) is 0 Å². The van der Waals surface area contributed by atoms with Crippen molar-refractivity contribution in [3.05, 3.63) is 69.7 Å². The summed E-state index contributed by atoms with van der Waals surface area (Å²) in [6, 6.07) is 17.8. The van der Waals surface area contributed by atoms with E-state index in [1.807, 2.05) is 0 Å². The summed E-state index contributed by atoms with van der Waals surface area (Å²) in [6.07, 6.45) is 3.75. The van der Waals surface area contributed by atoms with Gasteiger partial charge in [-0.1, -0.05) is 58.4 Å². The van der Waals surface area contributed by atoms with Crippen LogP contribution in [0.3, 0.4) is 0 Å². The van der Waals surface area contributed by atoms with E-state index >= 15 is 0 Å². The Bertz CT molecular complexity index is 565. The number of aryl methyl sites for hydroxylation is 1. The number of fused-ring (bicyclic) bond motifs is 1. The van der Waals surface area contributed by atoms with Crippen LogP contribution in [0.2, 0.25) is 0 Å². The first-order valence-corrected chi connectivity index (χ1v) is 7.68. The fourth-order valence-corrected chi connectivity index (χ4v) is 3.27. The van der Waals surface area contributed by atoms with Gasteiger partial charge in [0, 0.05) is 17.1 Å². The van der Waals surface area contributed by atoms with Crippen molar-refractivity contribution in [3.63, 3.8) is 0 Å². The van der Waals surface area contributed by atoms with Gasteiger partial charge in [0.15, 0.2) is 0 Å². The second kappa shape index (κ2) is 5.89. The number of rotatable bonds is 3. The molecule has 0 amide bonds. The van der Waals surface area contributed by atoms with Crippen molar-refractivity contribution in [2.24, 2.45) is 0 Å². The molecule has 1 atom stereocenters. The highest BCUT2D eigenvalue weighted by Crippen LogP contribution is 2.30. The predicted molar refractivity (Wildman–Crippen MR) is 83.1 cm³/mol. The van der Waals surface area contributed by atoms with Gasteiger partial charge in [0.2, 0.25) is 0 Å². The standard InChI is InChI=1S/C17H18BrN/c18-16-10-4-2-7-14(16)12-19-17-11-5-8-13-6-1-3-9-15(13)17/h1-4,6-7,9-10,17,19H,5,8,11-12H2. The highest BCUT2D eigenvalue weighted by Gasteiger charge is 2.19. The van der Waals surface area contributed by atoms with E-state index in [2.05, 4.69) is 69.8 Å². The molecule has 0 radical (unpaired) electrons. The molecule has 0 aromatic heterocycles. The van der Waals surface area contributed by atoms with Gasteiger partial charge in [-0.25, -0.2) is 0 Å². The Balaban J connectivity index is 1.73. The molecule has 0 saturated carbocycles. The number of hydrogen-bond donors (Lipinski definition) is 1. The minimum atomic E-state index is 0.497. The maximum Gasteiger partial charge on any atom is 0.0326 e. The second-order valence-corrected chi connectivity index (χ2v) is 5.97. The molecule has 0 aliphatic heterocycles. The zero-order valence-electron chi connectivity index (χ0n) is 10.9. The monoisotopic (exact) mass is 315 g/mol. The zero-order valence-corrected chi connectivity index (χ0v) is 12.5. The molecule has 19 heavy (non-hydrogen) atoms. The van der Waals surface area contributed by atoms with Crippen LogP contribution < -0.4 is 5.32 Å². The molecule has 2 heteroatoms. The van der Waals surface area contributed by atoms with Gasteiger partial charge in [-0.3, -0.25) is 0 Å². The van der Waals surface area contributed by atoms with Gasteiger partial charge < -0.3 is 5.32 Å². The summed E-state index contributed by atoms with van der Waals surface area (Å²) in [7, 11) is 0. The number of benzene rings is 2. The molecule has 0 saturated heterocycles. The average Bonchev–Trinajstić information content (AvgIpc) is 2.46. The molecule has 2 aromatic rings. The van der Waals surface area contributed by atoms with Crippen LogP contribution in [-0.2, 0) is 13.0 Å². The molecule has 1 N–H and O–H groups in total. The minimum Gasteiger partial charge on any atom is -0.306 e. The van der Waals surface area contributed by atoms with E-state index < -0.39 is 0 Å². The molecule has 0 bridgehead atoms. The van der Waals surface area contributed by atoms with E-state index in [9.17, 15) is 0 Å². The normalized spacial score (nSPS) is 18.1. The van der Waals surface area contributed by atoms with Gasteiger partial charge in [-0.05, 0) is 42.0 Å². The molecule has 3 rings (SSSR count). The van der Waals surface area contributed by atoms with Crippen LogP contribution in [0.1, 0.15) is 35.6 Å². The molecule has 1 unspecified atom stereocenters. The Kier molecular flexibility index (Phi) is 4.00. The predicted octanol–water partition coefficient (Wildman–Crippen LogP) is 4.62. The summed E-state index contributed by atoms with van der Waals surface area (Å²) in [5.74, 6) is 0. The molecule has 1 aliphatic carbocycles. The van der Waals surface area contributed by atoms with Crippen molar-refractivity contribution in [1.82, 2.24) is 5.32 Å². The van der Waals surface area contributed by atoms with E-state index in [1.165, 1.54) is 40.4 Å². The molecule has 1 nitrogen and oxygen atoms in total. The first-order chi connectivity index (χ1) is 9.34. The van der Waals surface area contributed by atoms with Gasteiger partial charge in [0.25, 0.3) is 0 Å². The van der Waals surface area contributed by atoms with E-state index in [4.69, 9.17) is 0 Å². The molecule has 98 valence electrons. The lowest BCUT2D eigenvalue weighted by atomic mass is 9.87. The van der Waals surface area contributed by atoms with Gasteiger partial charge >= 0.3 is 0 Å². The quantitative estimate of drug-likeness (QED) is 0.871. The van der Waals surface area contributed by atoms with E-state index in [0.29, 0.717) is 6.04 Å². The first kappa shape index (κ1) is 12.9. The van der Waals surface area contributed by atoms with Crippen molar-refractivity contribution >= 4 is 15.9 Å². The minimum absolute atomic E-state index is 0.497. The lowest BCUT2D eigenvalue weighted by molar-refractivity contribution is 0.459. The Morgan fingerprint density at radius 3 is 2.74 bits per heavy atom. The summed E-state index contributed by atoms with van der Waals surface area (Å²) in [5.41, 5.74) is 4.32.